The number of nitrogens with zero attached hydrogens (tertiary/aromatic N) is 4. The Morgan fingerprint density at radius 1 is 1.37 bits per heavy atom. The molecule has 0 aliphatic rings. The fourth-order valence-electron chi connectivity index (χ4n) is 1.37. The van der Waals surface area contributed by atoms with Crippen LogP contribution >= 0.6 is 0 Å². The summed E-state index contributed by atoms with van der Waals surface area (Å²) in [7, 11) is -3.99. The minimum absolute atomic E-state index is 0.0664. The third-order valence-corrected chi connectivity index (χ3v) is 2.98. The molecule has 0 fully saturated rings. The average Bonchev–Trinajstić information content (AvgIpc) is 2.36. The third kappa shape index (κ3) is 3.93. The summed E-state index contributed by atoms with van der Waals surface area (Å²) in [5, 5.41) is 4.01. The molecule has 0 unspecified atom stereocenters. The quantitative estimate of drug-likeness (QED) is 0.561. The van der Waals surface area contributed by atoms with E-state index in [4.69, 9.17) is 10.3 Å². The van der Waals surface area contributed by atoms with Crippen molar-refractivity contribution in [3.8, 4) is 11.4 Å². The first-order valence-electron chi connectivity index (χ1n) is 5.34. The normalized spacial score (nSPS) is 11.4. The van der Waals surface area contributed by atoms with Crippen LogP contribution in [0, 0.1) is 0 Å². The predicted molar refractivity (Wildman–Crippen MR) is 66.3 cm³/mol. The second kappa shape index (κ2) is 5.24. The molecule has 0 radical (unpaired) electrons. The molecule has 100 valence electrons. The Bertz CT molecular complexity index is 672. The molecule has 8 nitrogen and oxygen atoms in total. The number of nitrogen functional groups attached to an aromatic ring is 1. The molecule has 0 aliphatic heterocycles. The lowest BCUT2D eigenvalue weighted by molar-refractivity contribution is -0.750. The molecule has 0 aliphatic carbocycles. The average molecular weight is 282 g/mol. The Labute approximate surface area is 109 Å². The smallest absolute Gasteiger partial charge is 0.271 e. The van der Waals surface area contributed by atoms with Crippen LogP contribution in [0.5, 0.6) is 0 Å². The number of anilines is 1. The summed E-state index contributed by atoms with van der Waals surface area (Å²) in [5.41, 5.74) is 6.21. The van der Waals surface area contributed by atoms with Crippen molar-refractivity contribution in [1.82, 2.24) is 15.1 Å². The lowest BCUT2D eigenvalue weighted by Crippen LogP contribution is -2.40. The highest BCUT2D eigenvalue weighted by Crippen LogP contribution is 2.11. The summed E-state index contributed by atoms with van der Waals surface area (Å²) >= 11 is 0. The monoisotopic (exact) mass is 282 g/mol. The van der Waals surface area contributed by atoms with Gasteiger partial charge in [-0.05, 0) is 11.2 Å². The molecule has 0 amide bonds. The van der Waals surface area contributed by atoms with Crippen LogP contribution in [0.3, 0.4) is 0 Å². The minimum Gasteiger partial charge on any atom is -0.384 e. The zero-order chi connectivity index (χ0) is 13.9. The lowest BCUT2D eigenvalue weighted by atomic mass is 10.3. The molecule has 0 bridgehead atoms. The van der Waals surface area contributed by atoms with Crippen molar-refractivity contribution < 1.29 is 17.7 Å². The zero-order valence-electron chi connectivity index (χ0n) is 9.84. The highest BCUT2D eigenvalue weighted by atomic mass is 32.2. The second-order valence-corrected chi connectivity index (χ2v) is 5.34. The fourth-order valence-corrected chi connectivity index (χ4v) is 1.79. The number of rotatable bonds is 4. The predicted octanol–water partition coefficient (Wildman–Crippen LogP) is -0.704. The van der Waals surface area contributed by atoms with Gasteiger partial charge >= 0.3 is 0 Å². The summed E-state index contributed by atoms with van der Waals surface area (Å²) in [6.07, 6.45) is 4.61. The maximum atomic E-state index is 10.6. The first-order chi connectivity index (χ1) is 8.94. The topological polar surface area (TPSA) is 123 Å². The van der Waals surface area contributed by atoms with E-state index in [1.807, 2.05) is 0 Å². The summed E-state index contributed by atoms with van der Waals surface area (Å²) in [6, 6.07) is 3.26. The van der Waals surface area contributed by atoms with Crippen LogP contribution in [0.25, 0.3) is 11.4 Å². The third-order valence-electron chi connectivity index (χ3n) is 2.28. The van der Waals surface area contributed by atoms with Crippen LogP contribution in [-0.4, -0.2) is 33.8 Å². The van der Waals surface area contributed by atoms with Gasteiger partial charge in [-0.3, -0.25) is 4.55 Å². The van der Waals surface area contributed by atoms with Crippen molar-refractivity contribution in [3.05, 3.63) is 30.7 Å². The van der Waals surface area contributed by atoms with Gasteiger partial charge in [0, 0.05) is 17.8 Å². The van der Waals surface area contributed by atoms with Gasteiger partial charge in [0.1, 0.15) is 17.8 Å². The first-order valence-corrected chi connectivity index (χ1v) is 6.95. The SMILES string of the molecule is Nc1ccnc(-c2cc[n+](CCS(=O)(=O)O)nc2)n1. The Balaban J connectivity index is 2.15. The number of aromatic nitrogens is 4. The first kappa shape index (κ1) is 13.3. The van der Waals surface area contributed by atoms with Gasteiger partial charge in [-0.1, -0.05) is 4.68 Å². The van der Waals surface area contributed by atoms with E-state index in [0.717, 1.165) is 0 Å². The Kier molecular flexibility index (Phi) is 3.67. The van der Waals surface area contributed by atoms with E-state index in [1.54, 1.807) is 18.3 Å². The van der Waals surface area contributed by atoms with Crippen molar-refractivity contribution >= 4 is 15.9 Å². The van der Waals surface area contributed by atoms with Crippen LogP contribution in [0.2, 0.25) is 0 Å². The maximum Gasteiger partial charge on any atom is 0.271 e. The summed E-state index contributed by atoms with van der Waals surface area (Å²) in [4.78, 5) is 8.09. The Hall–Kier alpha value is -2.13. The largest absolute Gasteiger partial charge is 0.384 e. The van der Waals surface area contributed by atoms with Gasteiger partial charge in [0.15, 0.2) is 18.6 Å². The van der Waals surface area contributed by atoms with Crippen molar-refractivity contribution in [1.29, 1.82) is 0 Å². The molecule has 0 spiro atoms. The van der Waals surface area contributed by atoms with E-state index in [9.17, 15) is 8.42 Å². The molecule has 0 saturated carbocycles. The van der Waals surface area contributed by atoms with Crippen LogP contribution in [0.15, 0.2) is 30.7 Å². The highest BCUT2D eigenvalue weighted by Gasteiger charge is 2.12. The highest BCUT2D eigenvalue weighted by molar-refractivity contribution is 7.85. The molecule has 19 heavy (non-hydrogen) atoms. The molecular formula is C10H12N5O3S+. The van der Waals surface area contributed by atoms with E-state index >= 15 is 0 Å². The maximum absolute atomic E-state index is 10.6. The summed E-state index contributed by atoms with van der Waals surface area (Å²) in [6.45, 7) is 0.0664. The molecule has 2 aromatic heterocycles. The molecule has 2 aromatic rings. The molecule has 3 N–H and O–H groups in total. The van der Waals surface area contributed by atoms with Gasteiger partial charge in [0.25, 0.3) is 10.1 Å². The van der Waals surface area contributed by atoms with E-state index in [-0.39, 0.29) is 6.54 Å². The minimum atomic E-state index is -3.99. The molecule has 9 heteroatoms. The van der Waals surface area contributed by atoms with Crippen LogP contribution in [0.4, 0.5) is 5.82 Å². The second-order valence-electron chi connectivity index (χ2n) is 3.77. The number of hydrogen-bond acceptors (Lipinski definition) is 6. The number of aryl methyl sites for hydroxylation is 1. The van der Waals surface area contributed by atoms with Crippen molar-refractivity contribution in [3.63, 3.8) is 0 Å². The van der Waals surface area contributed by atoms with Gasteiger partial charge in [-0.25, -0.2) is 9.97 Å². The standard InChI is InChI=1S/C10H11N5O3S/c11-9-1-3-12-10(14-9)8-2-4-15(13-7-8)5-6-19(16,17)18/h1-4,7H,5-6H2,(H2-,11,12,14,16,17,18)/p+1. The summed E-state index contributed by atoms with van der Waals surface area (Å²) in [5.74, 6) is 0.404. The van der Waals surface area contributed by atoms with Gasteiger partial charge in [0.2, 0.25) is 0 Å². The number of nitrogens with two attached hydrogens (primary N) is 1. The van der Waals surface area contributed by atoms with Gasteiger partial charge in [-0.2, -0.15) is 8.42 Å². The summed E-state index contributed by atoms with van der Waals surface area (Å²) < 4.78 is 31.3. The lowest BCUT2D eigenvalue weighted by Gasteiger charge is -1.99. The van der Waals surface area contributed by atoms with Crippen molar-refractivity contribution in [2.24, 2.45) is 0 Å². The van der Waals surface area contributed by atoms with Crippen LogP contribution in [0.1, 0.15) is 0 Å². The van der Waals surface area contributed by atoms with Crippen LogP contribution < -0.4 is 10.4 Å². The van der Waals surface area contributed by atoms with Gasteiger partial charge < -0.3 is 5.73 Å². The molecule has 0 atom stereocenters. The van der Waals surface area contributed by atoms with Crippen LogP contribution in [-0.2, 0) is 16.7 Å². The molecule has 2 rings (SSSR count). The fraction of sp³-hybridized carbons (Fsp3) is 0.200. The Morgan fingerprint density at radius 3 is 2.74 bits per heavy atom. The van der Waals surface area contributed by atoms with Gasteiger partial charge in [-0.15, -0.1) is 0 Å². The van der Waals surface area contributed by atoms with Crippen molar-refractivity contribution in [2.75, 3.05) is 11.5 Å². The zero-order valence-corrected chi connectivity index (χ0v) is 10.7. The van der Waals surface area contributed by atoms with E-state index in [1.165, 1.54) is 17.1 Å². The Morgan fingerprint density at radius 2 is 2.16 bits per heavy atom. The van der Waals surface area contributed by atoms with Gasteiger partial charge in [0.05, 0.1) is 0 Å². The molecule has 0 saturated heterocycles. The van der Waals surface area contributed by atoms with E-state index in [2.05, 4.69) is 15.1 Å². The molecular weight excluding hydrogens is 270 g/mol. The molecule has 2 heterocycles. The van der Waals surface area contributed by atoms with E-state index < -0.39 is 15.9 Å². The van der Waals surface area contributed by atoms with E-state index in [0.29, 0.717) is 17.2 Å². The number of hydrogen-bond donors (Lipinski definition) is 2. The molecule has 0 aromatic carbocycles. The van der Waals surface area contributed by atoms with Crippen molar-refractivity contribution in [2.45, 2.75) is 6.54 Å².